The molecule has 6 nitrogen and oxygen atoms in total. The third-order valence-corrected chi connectivity index (χ3v) is 6.65. The SMILES string of the molecule is C#CCOc1c(I)cc(C=Nn2c(-c3cc4ccccc4o3)nc3ccccc3c2=O)cc1I. The molecule has 34 heavy (non-hydrogen) atoms. The highest BCUT2D eigenvalue weighted by Crippen LogP contribution is 2.29. The molecular formula is C26H15I2N3O3. The van der Waals surface area contributed by atoms with Crippen molar-refractivity contribution in [3.05, 3.63) is 89.8 Å². The first kappa shape index (κ1) is 22.6. The maximum Gasteiger partial charge on any atom is 0.282 e. The van der Waals surface area contributed by atoms with E-state index in [-0.39, 0.29) is 12.2 Å². The Hall–Kier alpha value is -3.17. The number of nitrogens with zero attached hydrogens (tertiary/aromatic N) is 3. The summed E-state index contributed by atoms with van der Waals surface area (Å²) in [4.78, 5) is 18.1. The average molecular weight is 671 g/mol. The van der Waals surface area contributed by atoms with Gasteiger partial charge >= 0.3 is 0 Å². The van der Waals surface area contributed by atoms with Gasteiger partial charge < -0.3 is 9.15 Å². The standard InChI is InChI=1S/C26H15I2N3O3/c1-2-11-33-24-19(27)12-16(13-20(24)28)15-29-31-25(23-14-17-7-3-6-10-22(17)34-23)30-21-9-5-4-8-18(21)26(31)32/h1,3-10,12-15H,11H2. The average Bonchev–Trinajstić information content (AvgIpc) is 3.27. The molecule has 0 bridgehead atoms. The smallest absolute Gasteiger partial charge is 0.282 e. The van der Waals surface area contributed by atoms with Gasteiger partial charge in [0, 0.05) is 5.39 Å². The van der Waals surface area contributed by atoms with Gasteiger partial charge in [-0.05, 0) is 87.1 Å². The van der Waals surface area contributed by atoms with Crippen molar-refractivity contribution in [3.8, 4) is 29.7 Å². The molecule has 8 heteroatoms. The molecule has 0 spiro atoms. The van der Waals surface area contributed by atoms with Gasteiger partial charge in [0.2, 0.25) is 5.82 Å². The van der Waals surface area contributed by atoms with Crippen LogP contribution in [0.15, 0.2) is 81.0 Å². The number of hydrogen-bond acceptors (Lipinski definition) is 5. The second-order valence-electron chi connectivity index (χ2n) is 7.27. The van der Waals surface area contributed by atoms with Gasteiger partial charge in [0.05, 0.1) is 24.3 Å². The van der Waals surface area contributed by atoms with Crippen molar-refractivity contribution in [1.82, 2.24) is 9.66 Å². The van der Waals surface area contributed by atoms with Crippen LogP contribution in [-0.2, 0) is 0 Å². The molecule has 5 rings (SSSR count). The van der Waals surface area contributed by atoms with Crippen LogP contribution in [0.3, 0.4) is 0 Å². The van der Waals surface area contributed by atoms with Crippen LogP contribution in [0, 0.1) is 19.5 Å². The Labute approximate surface area is 221 Å². The van der Waals surface area contributed by atoms with Gasteiger partial charge in [-0.2, -0.15) is 9.78 Å². The molecule has 2 aromatic heterocycles. The Morgan fingerprint density at radius 3 is 2.59 bits per heavy atom. The Morgan fingerprint density at radius 2 is 1.82 bits per heavy atom. The first-order valence-electron chi connectivity index (χ1n) is 10.2. The summed E-state index contributed by atoms with van der Waals surface area (Å²) in [5, 5.41) is 5.92. The number of hydrogen-bond donors (Lipinski definition) is 0. The first-order valence-corrected chi connectivity index (χ1v) is 12.3. The van der Waals surface area contributed by atoms with Gasteiger partial charge in [-0.15, -0.1) is 6.42 Å². The largest absolute Gasteiger partial charge is 0.479 e. The molecule has 0 saturated carbocycles. The summed E-state index contributed by atoms with van der Waals surface area (Å²) in [6.07, 6.45) is 6.94. The number of benzene rings is 3. The van der Waals surface area contributed by atoms with E-state index < -0.39 is 0 Å². The summed E-state index contributed by atoms with van der Waals surface area (Å²) in [5.74, 6) is 3.99. The minimum absolute atomic E-state index is 0.193. The monoisotopic (exact) mass is 671 g/mol. The van der Waals surface area contributed by atoms with Gasteiger partial charge in [0.15, 0.2) is 5.76 Å². The lowest BCUT2D eigenvalue weighted by Gasteiger charge is -2.09. The highest BCUT2D eigenvalue weighted by molar-refractivity contribution is 14.1. The van der Waals surface area contributed by atoms with Gasteiger partial charge in [0.25, 0.3) is 5.56 Å². The number of ether oxygens (including phenoxy) is 1. The Morgan fingerprint density at radius 1 is 1.09 bits per heavy atom. The molecule has 0 atom stereocenters. The maximum absolute atomic E-state index is 13.4. The molecule has 2 heterocycles. The molecule has 0 aliphatic carbocycles. The molecule has 0 saturated heterocycles. The van der Waals surface area contributed by atoms with Gasteiger partial charge in [-0.1, -0.05) is 36.3 Å². The number of rotatable bonds is 5. The van der Waals surface area contributed by atoms with E-state index in [2.05, 4.69) is 56.2 Å². The van der Waals surface area contributed by atoms with Crippen LogP contribution in [0.2, 0.25) is 0 Å². The minimum atomic E-state index is -0.282. The van der Waals surface area contributed by atoms with E-state index in [4.69, 9.17) is 20.6 Å². The van der Waals surface area contributed by atoms with Crippen LogP contribution in [0.1, 0.15) is 5.56 Å². The zero-order valence-electron chi connectivity index (χ0n) is 17.5. The van der Waals surface area contributed by atoms with Crippen LogP contribution >= 0.6 is 45.2 Å². The predicted molar refractivity (Wildman–Crippen MR) is 150 cm³/mol. The van der Waals surface area contributed by atoms with Crippen molar-refractivity contribution in [2.45, 2.75) is 0 Å². The fourth-order valence-electron chi connectivity index (χ4n) is 3.51. The molecule has 0 N–H and O–H groups in total. The molecule has 166 valence electrons. The number of para-hydroxylation sites is 2. The van der Waals surface area contributed by atoms with Crippen molar-refractivity contribution >= 4 is 73.3 Å². The van der Waals surface area contributed by atoms with Gasteiger partial charge in [0.1, 0.15) is 17.9 Å². The maximum atomic E-state index is 13.4. The highest BCUT2D eigenvalue weighted by Gasteiger charge is 2.16. The number of halogens is 2. The molecule has 0 aliphatic heterocycles. The fourth-order valence-corrected chi connectivity index (χ4v) is 5.64. The van der Waals surface area contributed by atoms with E-state index in [1.54, 1.807) is 24.4 Å². The van der Waals surface area contributed by atoms with Crippen LogP contribution in [0.4, 0.5) is 0 Å². The Kier molecular flexibility index (Phi) is 6.38. The van der Waals surface area contributed by atoms with Crippen molar-refractivity contribution in [2.24, 2.45) is 5.10 Å². The third kappa shape index (κ3) is 4.33. The molecule has 0 fully saturated rings. The second kappa shape index (κ2) is 9.60. The van der Waals surface area contributed by atoms with Crippen molar-refractivity contribution < 1.29 is 9.15 Å². The zero-order valence-corrected chi connectivity index (χ0v) is 21.8. The van der Waals surface area contributed by atoms with Crippen molar-refractivity contribution in [2.75, 3.05) is 6.61 Å². The van der Waals surface area contributed by atoms with Crippen LogP contribution in [0.25, 0.3) is 33.5 Å². The van der Waals surface area contributed by atoms with E-state index in [1.165, 1.54) is 4.68 Å². The molecular weight excluding hydrogens is 656 g/mol. The van der Waals surface area contributed by atoms with Crippen molar-refractivity contribution in [1.29, 1.82) is 0 Å². The number of aromatic nitrogens is 2. The molecule has 0 amide bonds. The number of furan rings is 1. The van der Waals surface area contributed by atoms with Gasteiger partial charge in [-0.3, -0.25) is 4.79 Å². The second-order valence-corrected chi connectivity index (χ2v) is 9.59. The van der Waals surface area contributed by atoms with Crippen LogP contribution in [-0.4, -0.2) is 22.5 Å². The van der Waals surface area contributed by atoms with Gasteiger partial charge in [-0.25, -0.2) is 4.98 Å². The van der Waals surface area contributed by atoms with Crippen LogP contribution < -0.4 is 10.3 Å². The molecule has 3 aromatic carbocycles. The van der Waals surface area contributed by atoms with E-state index in [1.807, 2.05) is 48.5 Å². The number of terminal acetylenes is 1. The Balaban J connectivity index is 1.65. The highest BCUT2D eigenvalue weighted by atomic mass is 127. The van der Waals surface area contributed by atoms with E-state index in [0.29, 0.717) is 28.1 Å². The van der Waals surface area contributed by atoms with E-state index in [9.17, 15) is 4.79 Å². The molecule has 5 aromatic rings. The van der Waals surface area contributed by atoms with Crippen LogP contribution in [0.5, 0.6) is 5.75 Å². The zero-order chi connectivity index (χ0) is 23.7. The third-order valence-electron chi connectivity index (χ3n) is 5.04. The normalized spacial score (nSPS) is 11.3. The molecule has 0 unspecified atom stereocenters. The summed E-state index contributed by atoms with van der Waals surface area (Å²) < 4.78 is 14.7. The minimum Gasteiger partial charge on any atom is -0.479 e. The Bertz CT molecular complexity index is 1620. The lowest BCUT2D eigenvalue weighted by Crippen LogP contribution is -2.20. The quantitative estimate of drug-likeness (QED) is 0.132. The topological polar surface area (TPSA) is 69.6 Å². The molecule has 0 radical (unpaired) electrons. The summed E-state index contributed by atoms with van der Waals surface area (Å²) in [6, 6.07) is 20.5. The number of fused-ring (bicyclic) bond motifs is 2. The lowest BCUT2D eigenvalue weighted by atomic mass is 10.2. The van der Waals surface area contributed by atoms with E-state index >= 15 is 0 Å². The summed E-state index contributed by atoms with van der Waals surface area (Å²) in [7, 11) is 0. The van der Waals surface area contributed by atoms with E-state index in [0.717, 1.165) is 23.8 Å². The summed E-state index contributed by atoms with van der Waals surface area (Å²) in [5.41, 5.74) is 1.81. The first-order chi connectivity index (χ1) is 16.5. The van der Waals surface area contributed by atoms with Crippen molar-refractivity contribution in [3.63, 3.8) is 0 Å². The summed E-state index contributed by atoms with van der Waals surface area (Å²) in [6.45, 7) is 0.193. The lowest BCUT2D eigenvalue weighted by molar-refractivity contribution is 0.365. The summed E-state index contributed by atoms with van der Waals surface area (Å²) >= 11 is 4.38. The molecule has 0 aliphatic rings. The fraction of sp³-hybridized carbons (Fsp3) is 0.0385. The predicted octanol–water partition coefficient (Wildman–Crippen LogP) is 5.91.